The monoisotopic (exact) mass is 308 g/mol. The van der Waals surface area contributed by atoms with Crippen LogP contribution < -0.4 is 10.6 Å². The minimum Gasteiger partial charge on any atom is -0.353 e. The van der Waals surface area contributed by atoms with Crippen LogP contribution in [0.15, 0.2) is 24.3 Å². The molecule has 5 heteroatoms. The summed E-state index contributed by atoms with van der Waals surface area (Å²) in [5, 5.41) is 6.51. The zero-order chi connectivity index (χ0) is 15.2. The van der Waals surface area contributed by atoms with Gasteiger partial charge in [-0.1, -0.05) is 36.6 Å². The van der Waals surface area contributed by atoms with E-state index in [0.29, 0.717) is 11.1 Å². The summed E-state index contributed by atoms with van der Waals surface area (Å²) in [6, 6.07) is 7.18. The molecule has 1 aromatic rings. The van der Waals surface area contributed by atoms with Crippen molar-refractivity contribution in [1.29, 1.82) is 0 Å². The first-order chi connectivity index (χ1) is 10.0. The van der Waals surface area contributed by atoms with E-state index >= 15 is 0 Å². The second-order valence-corrected chi connectivity index (χ2v) is 5.99. The lowest BCUT2D eigenvalue weighted by Crippen LogP contribution is -2.36. The van der Waals surface area contributed by atoms with Crippen LogP contribution in [0.25, 0.3) is 0 Å². The summed E-state index contributed by atoms with van der Waals surface area (Å²) in [6.45, 7) is 1.46. The number of carbonyl (C=O) groups is 2. The van der Waals surface area contributed by atoms with Gasteiger partial charge in [0.05, 0.1) is 12.5 Å². The van der Waals surface area contributed by atoms with E-state index < -0.39 is 0 Å². The molecule has 0 aliphatic heterocycles. The van der Waals surface area contributed by atoms with E-state index in [0.717, 1.165) is 18.4 Å². The van der Waals surface area contributed by atoms with E-state index in [1.165, 1.54) is 19.8 Å². The third-order valence-corrected chi connectivity index (χ3v) is 4.01. The molecule has 1 atom stereocenters. The van der Waals surface area contributed by atoms with Crippen molar-refractivity contribution in [2.45, 2.75) is 51.1 Å². The van der Waals surface area contributed by atoms with Gasteiger partial charge in [-0.15, -0.1) is 0 Å². The summed E-state index contributed by atoms with van der Waals surface area (Å²) >= 11 is 5.87. The fourth-order valence-electron chi connectivity index (χ4n) is 2.73. The zero-order valence-electron chi connectivity index (χ0n) is 12.2. The summed E-state index contributed by atoms with van der Waals surface area (Å²) < 4.78 is 0. The Morgan fingerprint density at radius 1 is 1.24 bits per heavy atom. The van der Waals surface area contributed by atoms with Crippen molar-refractivity contribution in [3.63, 3.8) is 0 Å². The van der Waals surface area contributed by atoms with E-state index in [-0.39, 0.29) is 24.3 Å². The number of amides is 2. The van der Waals surface area contributed by atoms with Crippen LogP contribution in [-0.2, 0) is 9.59 Å². The lowest BCUT2D eigenvalue weighted by atomic mass is 10.0. The first-order valence-corrected chi connectivity index (χ1v) is 7.74. The van der Waals surface area contributed by atoms with Gasteiger partial charge in [0, 0.05) is 18.0 Å². The summed E-state index contributed by atoms with van der Waals surface area (Å²) in [5.74, 6) is -0.167. The minimum atomic E-state index is -0.318. The molecular formula is C16H21ClN2O2. The van der Waals surface area contributed by atoms with Gasteiger partial charge in [0.15, 0.2) is 0 Å². The Morgan fingerprint density at radius 2 is 1.86 bits per heavy atom. The van der Waals surface area contributed by atoms with E-state index in [2.05, 4.69) is 10.6 Å². The van der Waals surface area contributed by atoms with Gasteiger partial charge in [-0.3, -0.25) is 9.59 Å². The highest BCUT2D eigenvalue weighted by Gasteiger charge is 2.21. The van der Waals surface area contributed by atoms with Gasteiger partial charge in [-0.25, -0.2) is 0 Å². The molecule has 0 heterocycles. The number of hydrogen-bond acceptors (Lipinski definition) is 2. The van der Waals surface area contributed by atoms with Gasteiger partial charge in [0.25, 0.3) is 0 Å². The predicted octanol–water partition coefficient (Wildman–Crippen LogP) is 2.97. The molecule has 4 nitrogen and oxygen atoms in total. The standard InChI is InChI=1S/C16H21ClN2O2/c1-11(20)18-15(12-6-8-13(17)9-7-12)10-16(21)19-14-4-2-3-5-14/h6-9,14-15H,2-5,10H2,1H3,(H,18,20)(H,19,21)/t15-/m0/s1. The minimum absolute atomic E-state index is 0.0180. The van der Waals surface area contributed by atoms with Crippen LogP contribution in [0.2, 0.25) is 5.02 Å². The van der Waals surface area contributed by atoms with Gasteiger partial charge < -0.3 is 10.6 Å². The number of nitrogens with one attached hydrogen (secondary N) is 2. The molecule has 2 amide bonds. The third-order valence-electron chi connectivity index (χ3n) is 3.76. The highest BCUT2D eigenvalue weighted by atomic mass is 35.5. The molecule has 0 radical (unpaired) electrons. The Morgan fingerprint density at radius 3 is 2.43 bits per heavy atom. The van der Waals surface area contributed by atoms with Crippen molar-refractivity contribution in [3.05, 3.63) is 34.9 Å². The third kappa shape index (κ3) is 5.05. The van der Waals surface area contributed by atoms with Crippen molar-refractivity contribution in [2.75, 3.05) is 0 Å². The van der Waals surface area contributed by atoms with Crippen molar-refractivity contribution < 1.29 is 9.59 Å². The average molecular weight is 309 g/mol. The number of rotatable bonds is 5. The molecule has 114 valence electrons. The topological polar surface area (TPSA) is 58.2 Å². The van der Waals surface area contributed by atoms with Crippen molar-refractivity contribution in [2.24, 2.45) is 0 Å². The predicted molar refractivity (Wildman–Crippen MR) is 83.0 cm³/mol. The van der Waals surface area contributed by atoms with Gasteiger partial charge in [-0.05, 0) is 30.5 Å². The molecule has 0 saturated heterocycles. The second kappa shape index (κ2) is 7.46. The van der Waals surface area contributed by atoms with Crippen LogP contribution in [0.4, 0.5) is 0 Å². The van der Waals surface area contributed by atoms with Crippen molar-refractivity contribution >= 4 is 23.4 Å². The second-order valence-electron chi connectivity index (χ2n) is 5.56. The fraction of sp³-hybridized carbons (Fsp3) is 0.500. The molecule has 1 saturated carbocycles. The molecule has 2 rings (SSSR count). The normalized spacial score (nSPS) is 16.5. The summed E-state index contributed by atoms with van der Waals surface area (Å²) in [7, 11) is 0. The largest absolute Gasteiger partial charge is 0.353 e. The quantitative estimate of drug-likeness (QED) is 0.878. The molecule has 1 fully saturated rings. The van der Waals surface area contributed by atoms with E-state index in [1.807, 2.05) is 12.1 Å². The molecule has 0 aromatic heterocycles. The SMILES string of the molecule is CC(=O)N[C@@H](CC(=O)NC1CCCC1)c1ccc(Cl)cc1. The van der Waals surface area contributed by atoms with Gasteiger partial charge >= 0.3 is 0 Å². The van der Waals surface area contributed by atoms with Gasteiger partial charge in [-0.2, -0.15) is 0 Å². The Labute approximate surface area is 130 Å². The Bertz CT molecular complexity index is 496. The Balaban J connectivity index is 1.99. The van der Waals surface area contributed by atoms with Crippen LogP contribution in [0.1, 0.15) is 50.6 Å². The summed E-state index contributed by atoms with van der Waals surface area (Å²) in [4.78, 5) is 23.5. The smallest absolute Gasteiger partial charge is 0.222 e. The molecule has 1 aliphatic carbocycles. The van der Waals surface area contributed by atoms with E-state index in [1.54, 1.807) is 12.1 Å². The van der Waals surface area contributed by atoms with E-state index in [4.69, 9.17) is 11.6 Å². The number of hydrogen-bond donors (Lipinski definition) is 2. The van der Waals surface area contributed by atoms with E-state index in [9.17, 15) is 9.59 Å². The fourth-order valence-corrected chi connectivity index (χ4v) is 2.86. The van der Waals surface area contributed by atoms with Crippen LogP contribution >= 0.6 is 11.6 Å². The number of carbonyl (C=O) groups excluding carboxylic acids is 2. The average Bonchev–Trinajstić information content (AvgIpc) is 2.91. The molecule has 2 N–H and O–H groups in total. The lowest BCUT2D eigenvalue weighted by Gasteiger charge is -2.20. The van der Waals surface area contributed by atoms with Crippen LogP contribution in [0.3, 0.4) is 0 Å². The van der Waals surface area contributed by atoms with Crippen molar-refractivity contribution in [3.8, 4) is 0 Å². The summed E-state index contributed by atoms with van der Waals surface area (Å²) in [5.41, 5.74) is 0.885. The molecule has 21 heavy (non-hydrogen) atoms. The molecular weight excluding hydrogens is 288 g/mol. The first kappa shape index (κ1) is 15.8. The van der Waals surface area contributed by atoms with Crippen LogP contribution in [0.5, 0.6) is 0 Å². The Kier molecular flexibility index (Phi) is 5.62. The van der Waals surface area contributed by atoms with Gasteiger partial charge in [0.1, 0.15) is 0 Å². The molecule has 0 bridgehead atoms. The maximum absolute atomic E-state index is 12.1. The molecule has 1 aromatic carbocycles. The summed E-state index contributed by atoms with van der Waals surface area (Å²) in [6.07, 6.45) is 4.71. The van der Waals surface area contributed by atoms with Crippen LogP contribution in [0, 0.1) is 0 Å². The maximum atomic E-state index is 12.1. The van der Waals surface area contributed by atoms with Crippen molar-refractivity contribution in [1.82, 2.24) is 10.6 Å². The maximum Gasteiger partial charge on any atom is 0.222 e. The highest BCUT2D eigenvalue weighted by molar-refractivity contribution is 6.30. The molecule has 0 unspecified atom stereocenters. The molecule has 1 aliphatic rings. The highest BCUT2D eigenvalue weighted by Crippen LogP contribution is 2.21. The zero-order valence-corrected chi connectivity index (χ0v) is 13.0. The number of benzene rings is 1. The first-order valence-electron chi connectivity index (χ1n) is 7.36. The number of halogens is 1. The Hall–Kier alpha value is -1.55. The molecule has 0 spiro atoms. The van der Waals surface area contributed by atoms with Crippen LogP contribution in [-0.4, -0.2) is 17.9 Å². The lowest BCUT2D eigenvalue weighted by molar-refractivity contribution is -0.123. The van der Waals surface area contributed by atoms with Gasteiger partial charge in [0.2, 0.25) is 11.8 Å².